The van der Waals surface area contributed by atoms with Gasteiger partial charge in [0.1, 0.15) is 17.3 Å². The van der Waals surface area contributed by atoms with Gasteiger partial charge in [0.15, 0.2) is 0 Å². The topological polar surface area (TPSA) is 68.4 Å². The van der Waals surface area contributed by atoms with Gasteiger partial charge in [0, 0.05) is 11.6 Å². The van der Waals surface area contributed by atoms with Gasteiger partial charge in [-0.2, -0.15) is 4.98 Å². The molecule has 0 radical (unpaired) electrons. The van der Waals surface area contributed by atoms with Crippen LogP contribution in [0, 0.1) is 5.82 Å². The minimum absolute atomic E-state index is 0.0540. The van der Waals surface area contributed by atoms with Crippen LogP contribution in [0.2, 0.25) is 0 Å². The van der Waals surface area contributed by atoms with E-state index in [1.807, 2.05) is 0 Å². The van der Waals surface area contributed by atoms with Crippen LogP contribution in [0.1, 0.15) is 0 Å². The number of hydrogen-bond acceptors (Lipinski definition) is 5. The number of phenolic OH excluding ortho intramolecular Hbond substituents is 1. The summed E-state index contributed by atoms with van der Waals surface area (Å²) in [5.74, 6) is 0.330. The largest absolute Gasteiger partial charge is 0.508 e. The lowest BCUT2D eigenvalue weighted by molar-refractivity contribution is 0.414. The molecule has 3 aromatic rings. The maximum Gasteiger partial charge on any atom is 0.261 e. The first kappa shape index (κ1) is 13.1. The Morgan fingerprint density at radius 3 is 2.57 bits per heavy atom. The second kappa shape index (κ2) is 5.24. The van der Waals surface area contributed by atoms with Gasteiger partial charge < -0.3 is 14.4 Å². The molecule has 0 bridgehead atoms. The van der Waals surface area contributed by atoms with Crippen molar-refractivity contribution in [3.8, 4) is 34.3 Å². The van der Waals surface area contributed by atoms with E-state index in [0.29, 0.717) is 11.6 Å². The average molecular weight is 286 g/mol. The van der Waals surface area contributed by atoms with Gasteiger partial charge in [0.2, 0.25) is 5.82 Å². The zero-order valence-electron chi connectivity index (χ0n) is 11.1. The Morgan fingerprint density at radius 2 is 1.90 bits per heavy atom. The lowest BCUT2D eigenvalue weighted by Gasteiger charge is -1.99. The Bertz CT molecular complexity index is 769. The predicted octanol–water partition coefficient (Wildman–Crippen LogP) is 3.26. The van der Waals surface area contributed by atoms with Crippen molar-refractivity contribution in [3.63, 3.8) is 0 Å². The molecule has 3 rings (SSSR count). The summed E-state index contributed by atoms with van der Waals surface area (Å²) in [6.07, 6.45) is 0. The summed E-state index contributed by atoms with van der Waals surface area (Å²) in [4.78, 5) is 4.16. The molecule has 1 N–H and O–H groups in total. The normalized spacial score (nSPS) is 10.6. The molecule has 0 aliphatic heterocycles. The van der Waals surface area contributed by atoms with Crippen molar-refractivity contribution < 1.29 is 18.8 Å². The molecule has 0 saturated heterocycles. The molecule has 106 valence electrons. The van der Waals surface area contributed by atoms with Crippen LogP contribution in [0.5, 0.6) is 11.5 Å². The molecule has 1 heterocycles. The number of nitrogens with zero attached hydrogens (tertiary/aromatic N) is 2. The smallest absolute Gasteiger partial charge is 0.261 e. The summed E-state index contributed by atoms with van der Waals surface area (Å²) in [7, 11) is 1.58. The highest BCUT2D eigenvalue weighted by atomic mass is 19.1. The zero-order valence-corrected chi connectivity index (χ0v) is 11.1. The van der Waals surface area contributed by atoms with Crippen LogP contribution in [-0.4, -0.2) is 22.4 Å². The summed E-state index contributed by atoms with van der Waals surface area (Å²) in [5.41, 5.74) is 0.866. The van der Waals surface area contributed by atoms with Crippen molar-refractivity contribution in [1.82, 2.24) is 10.1 Å². The third kappa shape index (κ3) is 2.55. The predicted molar refractivity (Wildman–Crippen MR) is 73.3 cm³/mol. The van der Waals surface area contributed by atoms with E-state index in [4.69, 9.17) is 9.26 Å². The van der Waals surface area contributed by atoms with Crippen molar-refractivity contribution in [2.75, 3.05) is 7.11 Å². The van der Waals surface area contributed by atoms with Gasteiger partial charge in [-0.15, -0.1) is 0 Å². The zero-order chi connectivity index (χ0) is 14.8. The van der Waals surface area contributed by atoms with Gasteiger partial charge in [0.05, 0.1) is 12.7 Å². The third-order valence-electron chi connectivity index (χ3n) is 2.96. The molecule has 0 spiro atoms. The van der Waals surface area contributed by atoms with Crippen LogP contribution >= 0.6 is 0 Å². The molecule has 1 aromatic heterocycles. The Morgan fingerprint density at radius 1 is 1.14 bits per heavy atom. The molecular formula is C15H11FN2O3. The van der Waals surface area contributed by atoms with Gasteiger partial charge in [0.25, 0.3) is 5.89 Å². The highest BCUT2D eigenvalue weighted by Gasteiger charge is 2.14. The van der Waals surface area contributed by atoms with Crippen molar-refractivity contribution in [1.29, 1.82) is 0 Å². The van der Waals surface area contributed by atoms with E-state index < -0.39 is 5.82 Å². The highest BCUT2D eigenvalue weighted by Crippen LogP contribution is 2.27. The van der Waals surface area contributed by atoms with Gasteiger partial charge in [-0.05, 0) is 36.4 Å². The monoisotopic (exact) mass is 286 g/mol. The molecule has 6 heteroatoms. The molecule has 0 unspecified atom stereocenters. The van der Waals surface area contributed by atoms with Crippen molar-refractivity contribution in [2.24, 2.45) is 0 Å². The standard InChI is InChI=1S/C15H11FN2O3/c1-20-11-5-2-9(3-6-11)14-17-15(21-18-14)12-7-4-10(19)8-13(12)16/h2-8,19H,1H3. The lowest BCUT2D eigenvalue weighted by Crippen LogP contribution is -1.86. The number of aromatic hydroxyl groups is 1. The van der Waals surface area contributed by atoms with E-state index in [-0.39, 0.29) is 17.2 Å². The molecule has 5 nitrogen and oxygen atoms in total. The van der Waals surface area contributed by atoms with Crippen LogP contribution in [0.3, 0.4) is 0 Å². The minimum Gasteiger partial charge on any atom is -0.508 e. The second-order valence-electron chi connectivity index (χ2n) is 4.32. The molecule has 0 amide bonds. The van der Waals surface area contributed by atoms with Crippen LogP contribution in [0.25, 0.3) is 22.8 Å². The number of hydrogen-bond donors (Lipinski definition) is 1. The quantitative estimate of drug-likeness (QED) is 0.800. The molecular weight excluding hydrogens is 275 g/mol. The number of ether oxygens (including phenoxy) is 1. The number of halogens is 1. The van der Waals surface area contributed by atoms with E-state index in [2.05, 4.69) is 10.1 Å². The Hall–Kier alpha value is -2.89. The van der Waals surface area contributed by atoms with Gasteiger partial charge in [-0.3, -0.25) is 0 Å². The molecule has 0 fully saturated rings. The molecule has 0 atom stereocenters. The fourth-order valence-electron chi connectivity index (χ4n) is 1.87. The molecule has 2 aromatic carbocycles. The Labute approximate surface area is 119 Å². The van der Waals surface area contributed by atoms with Gasteiger partial charge in [-0.25, -0.2) is 4.39 Å². The van der Waals surface area contributed by atoms with Gasteiger partial charge >= 0.3 is 0 Å². The number of phenols is 1. The van der Waals surface area contributed by atoms with Crippen LogP contribution in [0.4, 0.5) is 4.39 Å². The summed E-state index contributed by atoms with van der Waals surface area (Å²) in [6, 6.07) is 10.8. The van der Waals surface area contributed by atoms with E-state index in [0.717, 1.165) is 11.6 Å². The molecule has 21 heavy (non-hydrogen) atoms. The first-order chi connectivity index (χ1) is 10.2. The fraction of sp³-hybridized carbons (Fsp3) is 0.0667. The summed E-state index contributed by atoms with van der Waals surface area (Å²) < 4.78 is 23.9. The average Bonchev–Trinajstić information content (AvgIpc) is 2.97. The van der Waals surface area contributed by atoms with Crippen molar-refractivity contribution in [3.05, 3.63) is 48.3 Å². The summed E-state index contributed by atoms with van der Waals surface area (Å²) in [6.45, 7) is 0. The van der Waals surface area contributed by atoms with Crippen LogP contribution in [0.15, 0.2) is 47.0 Å². The first-order valence-electron chi connectivity index (χ1n) is 6.14. The van der Waals surface area contributed by atoms with Crippen LogP contribution < -0.4 is 4.74 Å². The Kier molecular flexibility index (Phi) is 3.27. The fourth-order valence-corrected chi connectivity index (χ4v) is 1.87. The minimum atomic E-state index is -0.625. The number of methoxy groups -OCH3 is 1. The number of benzene rings is 2. The lowest BCUT2D eigenvalue weighted by atomic mass is 10.2. The van der Waals surface area contributed by atoms with E-state index >= 15 is 0 Å². The van der Waals surface area contributed by atoms with E-state index in [9.17, 15) is 9.50 Å². The van der Waals surface area contributed by atoms with E-state index in [1.165, 1.54) is 12.1 Å². The number of rotatable bonds is 3. The second-order valence-corrected chi connectivity index (χ2v) is 4.32. The molecule has 0 aliphatic carbocycles. The van der Waals surface area contributed by atoms with Gasteiger partial charge in [-0.1, -0.05) is 5.16 Å². The highest BCUT2D eigenvalue weighted by molar-refractivity contribution is 5.61. The van der Waals surface area contributed by atoms with E-state index in [1.54, 1.807) is 31.4 Å². The van der Waals surface area contributed by atoms with Crippen molar-refractivity contribution in [2.45, 2.75) is 0 Å². The SMILES string of the molecule is COc1ccc(-c2noc(-c3ccc(O)cc3F)n2)cc1. The summed E-state index contributed by atoms with van der Waals surface area (Å²) >= 11 is 0. The third-order valence-corrected chi connectivity index (χ3v) is 2.96. The molecule has 0 aliphatic rings. The van der Waals surface area contributed by atoms with Crippen LogP contribution in [-0.2, 0) is 0 Å². The Balaban J connectivity index is 1.95. The first-order valence-corrected chi connectivity index (χ1v) is 6.14. The number of aromatic nitrogens is 2. The molecule has 0 saturated carbocycles. The van der Waals surface area contributed by atoms with Crippen molar-refractivity contribution >= 4 is 0 Å². The maximum atomic E-state index is 13.7. The maximum absolute atomic E-state index is 13.7. The summed E-state index contributed by atoms with van der Waals surface area (Å²) in [5, 5.41) is 13.0.